The van der Waals surface area contributed by atoms with Gasteiger partial charge in [-0.15, -0.1) is 0 Å². The van der Waals surface area contributed by atoms with Crippen molar-refractivity contribution in [2.75, 3.05) is 6.26 Å². The number of fused-ring (bicyclic) bond motifs is 1. The highest BCUT2D eigenvalue weighted by molar-refractivity contribution is 7.90. The van der Waals surface area contributed by atoms with Crippen LogP contribution >= 0.6 is 0 Å². The predicted octanol–water partition coefficient (Wildman–Crippen LogP) is 1.78. The number of aryl methyl sites for hydroxylation is 1. The van der Waals surface area contributed by atoms with Crippen LogP contribution in [0.4, 0.5) is 0 Å². The lowest BCUT2D eigenvalue weighted by Gasteiger charge is -2.33. The molecule has 31 heavy (non-hydrogen) atoms. The van der Waals surface area contributed by atoms with Crippen LogP contribution in [0.2, 0.25) is 0 Å². The van der Waals surface area contributed by atoms with Crippen LogP contribution in [0.25, 0.3) is 0 Å². The minimum absolute atomic E-state index is 0.00659. The van der Waals surface area contributed by atoms with Gasteiger partial charge in [-0.25, -0.2) is 18.8 Å². The van der Waals surface area contributed by atoms with Crippen LogP contribution in [0.3, 0.4) is 0 Å². The van der Waals surface area contributed by atoms with Crippen LogP contribution in [0, 0.1) is 24.2 Å². The van der Waals surface area contributed by atoms with E-state index in [0.29, 0.717) is 21.7 Å². The first-order chi connectivity index (χ1) is 14.8. The highest BCUT2D eigenvalue weighted by Gasteiger charge is 2.41. The summed E-state index contributed by atoms with van der Waals surface area (Å²) in [7, 11) is -3.28. The maximum atomic E-state index is 12.8. The van der Waals surface area contributed by atoms with Gasteiger partial charge >= 0.3 is 0 Å². The van der Waals surface area contributed by atoms with Gasteiger partial charge in [-0.1, -0.05) is 12.1 Å². The molecule has 4 unspecified atom stereocenters. The van der Waals surface area contributed by atoms with E-state index in [9.17, 15) is 13.2 Å². The summed E-state index contributed by atoms with van der Waals surface area (Å²) in [5.74, 6) is -0.0242. The molecule has 2 fully saturated rings. The lowest BCUT2D eigenvalue weighted by Crippen LogP contribution is -2.44. The van der Waals surface area contributed by atoms with E-state index in [4.69, 9.17) is 5.26 Å². The number of nitriles is 1. The SMILES string of the molecule is Cc1cc(C#N)cnc1C(=O)NC1CCC2NNC(c3cccc(S(C)(=O)=O)c3)C2C1. The molecule has 8 nitrogen and oxygen atoms in total. The van der Waals surface area contributed by atoms with Crippen LogP contribution in [-0.2, 0) is 9.84 Å². The second kappa shape index (κ2) is 8.38. The molecule has 0 spiro atoms. The largest absolute Gasteiger partial charge is 0.348 e. The zero-order chi connectivity index (χ0) is 22.2. The van der Waals surface area contributed by atoms with E-state index >= 15 is 0 Å². The molecule has 1 amide bonds. The van der Waals surface area contributed by atoms with Crippen molar-refractivity contribution in [3.63, 3.8) is 0 Å². The fourth-order valence-corrected chi connectivity index (χ4v) is 5.26. The van der Waals surface area contributed by atoms with Crippen LogP contribution in [-0.4, -0.2) is 37.6 Å². The number of carbonyl (C=O) groups excluding carboxylic acids is 1. The lowest BCUT2D eigenvalue weighted by atomic mass is 9.77. The molecule has 2 aromatic rings. The predicted molar refractivity (Wildman–Crippen MR) is 115 cm³/mol. The number of benzene rings is 1. The Kier molecular flexibility index (Phi) is 5.79. The van der Waals surface area contributed by atoms with Gasteiger partial charge in [0, 0.05) is 24.5 Å². The standard InChI is InChI=1S/C22H25N5O3S/c1-13-8-14(11-23)12-24-20(13)22(28)25-16-6-7-19-18(10-16)21(27-26-19)15-4-3-5-17(9-15)31(2,29)30/h3-5,8-9,12,16,18-19,21,26-27H,6-7,10H2,1-2H3,(H,25,28). The fraction of sp³-hybridized carbons (Fsp3) is 0.409. The number of hydrazine groups is 1. The Morgan fingerprint density at radius 3 is 2.77 bits per heavy atom. The molecular formula is C22H25N5O3S. The fourth-order valence-electron chi connectivity index (χ4n) is 4.58. The molecule has 9 heteroatoms. The summed E-state index contributed by atoms with van der Waals surface area (Å²) in [6.07, 6.45) is 5.12. The van der Waals surface area contributed by atoms with Gasteiger partial charge in [-0.3, -0.25) is 10.2 Å². The molecular weight excluding hydrogens is 414 g/mol. The van der Waals surface area contributed by atoms with Crippen molar-refractivity contribution in [2.45, 2.75) is 49.2 Å². The minimum atomic E-state index is -3.28. The summed E-state index contributed by atoms with van der Waals surface area (Å²) in [6.45, 7) is 1.77. The quantitative estimate of drug-likeness (QED) is 0.663. The van der Waals surface area contributed by atoms with Gasteiger partial charge in [-0.2, -0.15) is 5.26 Å². The van der Waals surface area contributed by atoms with Crippen LogP contribution in [0.5, 0.6) is 0 Å². The molecule has 1 saturated heterocycles. The van der Waals surface area contributed by atoms with Gasteiger partial charge in [0.1, 0.15) is 11.8 Å². The minimum Gasteiger partial charge on any atom is -0.348 e. The Bertz CT molecular complexity index is 1160. The molecule has 3 N–H and O–H groups in total. The maximum Gasteiger partial charge on any atom is 0.270 e. The Balaban J connectivity index is 1.49. The third-order valence-electron chi connectivity index (χ3n) is 6.16. The second-order valence-electron chi connectivity index (χ2n) is 8.37. The lowest BCUT2D eigenvalue weighted by molar-refractivity contribution is 0.0909. The Labute approximate surface area is 182 Å². The molecule has 1 aliphatic heterocycles. The Hall–Kier alpha value is -2.80. The summed E-state index contributed by atoms with van der Waals surface area (Å²) in [4.78, 5) is 17.2. The molecule has 162 valence electrons. The number of sulfone groups is 1. The number of hydrogen-bond acceptors (Lipinski definition) is 7. The van der Waals surface area contributed by atoms with Crippen molar-refractivity contribution in [2.24, 2.45) is 5.92 Å². The zero-order valence-corrected chi connectivity index (χ0v) is 18.2. The van der Waals surface area contributed by atoms with Crippen molar-refractivity contribution < 1.29 is 13.2 Å². The van der Waals surface area contributed by atoms with Gasteiger partial charge in [0.2, 0.25) is 0 Å². The number of pyridine rings is 1. The van der Waals surface area contributed by atoms with E-state index in [1.807, 2.05) is 12.1 Å². The summed E-state index contributed by atoms with van der Waals surface area (Å²) in [6, 6.07) is 10.9. The van der Waals surface area contributed by atoms with E-state index in [1.54, 1.807) is 31.2 Å². The first kappa shape index (κ1) is 21.4. The first-order valence-electron chi connectivity index (χ1n) is 10.2. The second-order valence-corrected chi connectivity index (χ2v) is 10.4. The summed E-state index contributed by atoms with van der Waals surface area (Å²) in [5.41, 5.74) is 9.01. The monoisotopic (exact) mass is 439 g/mol. The average molecular weight is 440 g/mol. The van der Waals surface area contributed by atoms with Gasteiger partial charge < -0.3 is 5.32 Å². The summed E-state index contributed by atoms with van der Waals surface area (Å²) < 4.78 is 23.9. The maximum absolute atomic E-state index is 12.8. The van der Waals surface area contributed by atoms with Crippen LogP contribution in [0.1, 0.15) is 52.5 Å². The van der Waals surface area contributed by atoms with Gasteiger partial charge in [0.05, 0.1) is 16.5 Å². The highest BCUT2D eigenvalue weighted by Crippen LogP contribution is 2.38. The van der Waals surface area contributed by atoms with Crippen LogP contribution < -0.4 is 16.2 Å². The molecule has 0 radical (unpaired) electrons. The topological polar surface area (TPSA) is 124 Å². The van der Waals surface area contributed by atoms with Crippen molar-refractivity contribution in [3.05, 3.63) is 58.9 Å². The molecule has 0 bridgehead atoms. The van der Waals surface area contributed by atoms with E-state index in [2.05, 4.69) is 21.2 Å². The van der Waals surface area contributed by atoms with E-state index in [1.165, 1.54) is 12.5 Å². The normalized spacial score (nSPS) is 25.5. The molecule has 4 atom stereocenters. The number of hydrogen-bond donors (Lipinski definition) is 3. The highest BCUT2D eigenvalue weighted by atomic mass is 32.2. The summed E-state index contributed by atoms with van der Waals surface area (Å²) >= 11 is 0. The molecule has 2 aliphatic rings. The third kappa shape index (κ3) is 4.46. The molecule has 2 heterocycles. The smallest absolute Gasteiger partial charge is 0.270 e. The Morgan fingerprint density at radius 2 is 2.06 bits per heavy atom. The molecule has 1 aromatic carbocycles. The van der Waals surface area contributed by atoms with Crippen molar-refractivity contribution in [1.82, 2.24) is 21.2 Å². The molecule has 1 saturated carbocycles. The van der Waals surface area contributed by atoms with E-state index in [0.717, 1.165) is 24.8 Å². The van der Waals surface area contributed by atoms with Crippen molar-refractivity contribution >= 4 is 15.7 Å². The van der Waals surface area contributed by atoms with Gasteiger partial charge in [-0.05, 0) is 61.4 Å². The number of nitrogens with zero attached hydrogens (tertiary/aromatic N) is 2. The number of aromatic nitrogens is 1. The number of amides is 1. The molecule has 1 aromatic heterocycles. The molecule has 4 rings (SSSR count). The molecule has 1 aliphatic carbocycles. The summed E-state index contributed by atoms with van der Waals surface area (Å²) in [5, 5.41) is 12.1. The Morgan fingerprint density at radius 1 is 1.26 bits per heavy atom. The third-order valence-corrected chi connectivity index (χ3v) is 7.27. The van der Waals surface area contributed by atoms with E-state index < -0.39 is 9.84 Å². The van der Waals surface area contributed by atoms with Gasteiger partial charge in [0.15, 0.2) is 9.84 Å². The van der Waals surface area contributed by atoms with Gasteiger partial charge in [0.25, 0.3) is 5.91 Å². The number of nitrogens with one attached hydrogen (secondary N) is 3. The number of carbonyl (C=O) groups is 1. The van der Waals surface area contributed by atoms with E-state index in [-0.39, 0.29) is 30.0 Å². The zero-order valence-electron chi connectivity index (χ0n) is 17.4. The average Bonchev–Trinajstić information content (AvgIpc) is 3.16. The number of rotatable bonds is 4. The van der Waals surface area contributed by atoms with Crippen molar-refractivity contribution in [3.8, 4) is 6.07 Å². The first-order valence-corrected chi connectivity index (χ1v) is 12.1. The van der Waals surface area contributed by atoms with Crippen molar-refractivity contribution in [1.29, 1.82) is 5.26 Å². The van der Waals surface area contributed by atoms with Crippen LogP contribution in [0.15, 0.2) is 41.4 Å².